The van der Waals surface area contributed by atoms with Crippen LogP contribution in [0.4, 0.5) is 0 Å². The molecule has 1 N–H and O–H groups in total. The first-order chi connectivity index (χ1) is 6.48. The van der Waals surface area contributed by atoms with Gasteiger partial charge < -0.3 is 5.11 Å². The van der Waals surface area contributed by atoms with Crippen molar-refractivity contribution in [1.29, 1.82) is 0 Å². The van der Waals surface area contributed by atoms with Crippen LogP contribution in [0.3, 0.4) is 0 Å². The second-order valence-electron chi connectivity index (χ2n) is 4.03. The monoisotopic (exact) mass is 210 g/mol. The maximum atomic E-state index is 10.2. The topological polar surface area (TPSA) is 20.2 Å². The molecule has 0 amide bonds. The molecule has 0 heterocycles. The minimum absolute atomic E-state index is 0.225. The van der Waals surface area contributed by atoms with Crippen LogP contribution in [0, 0.1) is 5.92 Å². The molecule has 0 saturated carbocycles. The van der Waals surface area contributed by atoms with Crippen LogP contribution in [0.15, 0.2) is 29.2 Å². The summed E-state index contributed by atoms with van der Waals surface area (Å²) in [6.45, 7) is 5.93. The Bertz CT molecular complexity index is 288. The minimum Gasteiger partial charge on any atom is -0.385 e. The Balaban J connectivity index is 2.97. The van der Waals surface area contributed by atoms with Gasteiger partial charge in [-0.3, -0.25) is 0 Å². The predicted octanol–water partition coefficient (Wildman–Crippen LogP) is 3.27. The van der Waals surface area contributed by atoms with Gasteiger partial charge in [-0.25, -0.2) is 0 Å². The van der Waals surface area contributed by atoms with Gasteiger partial charge >= 0.3 is 0 Å². The van der Waals surface area contributed by atoms with Crippen LogP contribution in [0.1, 0.15) is 26.3 Å². The lowest BCUT2D eigenvalue weighted by molar-refractivity contribution is 0.00901. The Morgan fingerprint density at radius 2 is 1.71 bits per heavy atom. The molecule has 1 atom stereocenters. The van der Waals surface area contributed by atoms with E-state index >= 15 is 0 Å². The zero-order valence-electron chi connectivity index (χ0n) is 9.24. The van der Waals surface area contributed by atoms with Crippen molar-refractivity contribution < 1.29 is 5.11 Å². The average Bonchev–Trinajstić information content (AvgIpc) is 2.17. The Morgan fingerprint density at radius 1 is 1.21 bits per heavy atom. The molecule has 0 aliphatic heterocycles. The van der Waals surface area contributed by atoms with E-state index in [1.54, 1.807) is 11.8 Å². The van der Waals surface area contributed by atoms with Crippen molar-refractivity contribution in [2.45, 2.75) is 31.3 Å². The number of rotatable bonds is 3. The van der Waals surface area contributed by atoms with E-state index in [4.69, 9.17) is 0 Å². The summed E-state index contributed by atoms with van der Waals surface area (Å²) in [6, 6.07) is 8.12. The molecule has 1 rings (SSSR count). The van der Waals surface area contributed by atoms with E-state index in [1.807, 2.05) is 32.9 Å². The van der Waals surface area contributed by atoms with Gasteiger partial charge in [0.15, 0.2) is 0 Å². The highest BCUT2D eigenvalue weighted by Crippen LogP contribution is 2.29. The van der Waals surface area contributed by atoms with Gasteiger partial charge in [0.1, 0.15) is 0 Å². The van der Waals surface area contributed by atoms with Crippen LogP contribution in [0.5, 0.6) is 0 Å². The quantitative estimate of drug-likeness (QED) is 0.773. The fraction of sp³-hybridized carbons (Fsp3) is 0.500. The summed E-state index contributed by atoms with van der Waals surface area (Å²) in [7, 11) is 0. The molecule has 0 radical (unpaired) electrons. The molecule has 78 valence electrons. The summed E-state index contributed by atoms with van der Waals surface area (Å²) >= 11 is 1.71. The molecule has 1 aromatic rings. The van der Waals surface area contributed by atoms with Crippen LogP contribution in [-0.4, -0.2) is 11.4 Å². The molecule has 0 bridgehead atoms. The summed E-state index contributed by atoms with van der Waals surface area (Å²) in [5, 5.41) is 10.2. The van der Waals surface area contributed by atoms with Crippen LogP contribution < -0.4 is 0 Å². The molecule has 14 heavy (non-hydrogen) atoms. The van der Waals surface area contributed by atoms with Crippen molar-refractivity contribution in [3.8, 4) is 0 Å². The van der Waals surface area contributed by atoms with Gasteiger partial charge in [0.05, 0.1) is 5.60 Å². The van der Waals surface area contributed by atoms with Gasteiger partial charge in [-0.1, -0.05) is 26.0 Å². The third-order valence-electron chi connectivity index (χ3n) is 2.80. The van der Waals surface area contributed by atoms with Crippen molar-refractivity contribution in [2.75, 3.05) is 6.26 Å². The van der Waals surface area contributed by atoms with Gasteiger partial charge in [0.25, 0.3) is 0 Å². The summed E-state index contributed by atoms with van der Waals surface area (Å²) < 4.78 is 0. The van der Waals surface area contributed by atoms with E-state index in [0.29, 0.717) is 0 Å². The summed E-state index contributed by atoms with van der Waals surface area (Å²) in [5.41, 5.74) is 0.266. The van der Waals surface area contributed by atoms with E-state index in [9.17, 15) is 5.11 Å². The van der Waals surface area contributed by atoms with Crippen molar-refractivity contribution in [2.24, 2.45) is 5.92 Å². The highest BCUT2D eigenvalue weighted by atomic mass is 32.2. The third-order valence-corrected chi connectivity index (χ3v) is 3.54. The molecule has 0 spiro atoms. The zero-order valence-corrected chi connectivity index (χ0v) is 10.1. The maximum absolute atomic E-state index is 10.2. The van der Waals surface area contributed by atoms with Gasteiger partial charge in [0, 0.05) is 4.90 Å². The van der Waals surface area contributed by atoms with E-state index in [2.05, 4.69) is 18.4 Å². The average molecular weight is 210 g/mol. The van der Waals surface area contributed by atoms with Crippen molar-refractivity contribution in [1.82, 2.24) is 0 Å². The first kappa shape index (κ1) is 11.6. The van der Waals surface area contributed by atoms with Crippen molar-refractivity contribution in [3.63, 3.8) is 0 Å². The number of thioether (sulfide) groups is 1. The molecule has 1 aromatic carbocycles. The van der Waals surface area contributed by atoms with E-state index in [0.717, 1.165) is 5.56 Å². The molecular weight excluding hydrogens is 192 g/mol. The fourth-order valence-corrected chi connectivity index (χ4v) is 1.67. The highest BCUT2D eigenvalue weighted by Gasteiger charge is 2.26. The van der Waals surface area contributed by atoms with Crippen molar-refractivity contribution >= 4 is 11.8 Å². The number of hydrogen-bond donors (Lipinski definition) is 1. The molecule has 0 unspecified atom stereocenters. The van der Waals surface area contributed by atoms with Gasteiger partial charge in [-0.15, -0.1) is 11.8 Å². The lowest BCUT2D eigenvalue weighted by atomic mass is 9.85. The van der Waals surface area contributed by atoms with E-state index in [-0.39, 0.29) is 5.92 Å². The summed E-state index contributed by atoms with van der Waals surface area (Å²) in [5.74, 6) is 0.225. The maximum Gasteiger partial charge on any atom is 0.0891 e. The fourth-order valence-electron chi connectivity index (χ4n) is 1.26. The lowest BCUT2D eigenvalue weighted by Gasteiger charge is -2.28. The molecule has 0 fully saturated rings. The first-order valence-electron chi connectivity index (χ1n) is 4.85. The second-order valence-corrected chi connectivity index (χ2v) is 4.91. The number of aliphatic hydroxyl groups is 1. The summed E-state index contributed by atoms with van der Waals surface area (Å²) in [6.07, 6.45) is 2.05. The first-order valence-corrected chi connectivity index (χ1v) is 6.08. The van der Waals surface area contributed by atoms with Crippen LogP contribution in [0.25, 0.3) is 0 Å². The molecule has 0 saturated heterocycles. The molecular formula is C12H18OS. The van der Waals surface area contributed by atoms with E-state index in [1.165, 1.54) is 4.90 Å². The molecule has 0 aliphatic rings. The second kappa shape index (κ2) is 4.37. The Kier molecular flexibility index (Phi) is 3.62. The smallest absolute Gasteiger partial charge is 0.0891 e. The van der Waals surface area contributed by atoms with E-state index < -0.39 is 5.60 Å². The third kappa shape index (κ3) is 2.31. The van der Waals surface area contributed by atoms with Gasteiger partial charge in [-0.05, 0) is 36.8 Å². The van der Waals surface area contributed by atoms with Crippen LogP contribution in [0.2, 0.25) is 0 Å². The SMILES string of the molecule is CSc1ccc([C@@](C)(O)C(C)C)cc1. The number of benzene rings is 1. The molecule has 0 aromatic heterocycles. The molecule has 0 aliphatic carbocycles. The van der Waals surface area contributed by atoms with Crippen LogP contribution in [-0.2, 0) is 5.60 Å². The minimum atomic E-state index is -0.725. The van der Waals surface area contributed by atoms with Crippen LogP contribution >= 0.6 is 11.8 Å². The Hall–Kier alpha value is -0.470. The predicted molar refractivity (Wildman–Crippen MR) is 62.6 cm³/mol. The molecule has 1 nitrogen and oxygen atoms in total. The summed E-state index contributed by atoms with van der Waals surface area (Å²) in [4.78, 5) is 1.23. The Labute approximate surface area is 90.5 Å². The largest absolute Gasteiger partial charge is 0.385 e. The Morgan fingerprint density at radius 3 is 2.07 bits per heavy atom. The molecule has 2 heteroatoms. The van der Waals surface area contributed by atoms with Gasteiger partial charge in [-0.2, -0.15) is 0 Å². The number of hydrogen-bond acceptors (Lipinski definition) is 2. The van der Waals surface area contributed by atoms with Gasteiger partial charge in [0.2, 0.25) is 0 Å². The van der Waals surface area contributed by atoms with Crippen molar-refractivity contribution in [3.05, 3.63) is 29.8 Å². The zero-order chi connectivity index (χ0) is 10.8. The lowest BCUT2D eigenvalue weighted by Crippen LogP contribution is -2.27. The highest BCUT2D eigenvalue weighted by molar-refractivity contribution is 7.98. The normalized spacial score (nSPS) is 15.6. The standard InChI is InChI=1S/C12H18OS/c1-9(2)12(3,13)10-5-7-11(14-4)8-6-10/h5-9,13H,1-4H3/t12-/m0/s1.